The first-order chi connectivity index (χ1) is 10.2. The first kappa shape index (κ1) is 13.8. The number of hydrogen-bond donors (Lipinski definition) is 1. The molecule has 5 heteroatoms. The average molecular weight is 299 g/mol. The second-order valence-corrected chi connectivity index (χ2v) is 5.84. The predicted octanol–water partition coefficient (Wildman–Crippen LogP) is 3.05. The molecule has 0 aliphatic heterocycles. The number of hydrogen-bond acceptors (Lipinski definition) is 3. The molecule has 0 radical (unpaired) electrons. The van der Waals surface area contributed by atoms with Gasteiger partial charge in [-0.1, -0.05) is 29.8 Å². The Morgan fingerprint density at radius 2 is 2.10 bits per heavy atom. The zero-order chi connectivity index (χ0) is 14.8. The molecular formula is C16H17N3OS. The second kappa shape index (κ2) is 5.69. The van der Waals surface area contributed by atoms with Crippen molar-refractivity contribution in [2.75, 3.05) is 6.54 Å². The Labute approximate surface area is 127 Å². The number of nitrogens with zero attached hydrogens (tertiary/aromatic N) is 2. The van der Waals surface area contributed by atoms with E-state index in [1.54, 1.807) is 11.3 Å². The van der Waals surface area contributed by atoms with Crippen LogP contribution in [-0.4, -0.2) is 21.8 Å². The summed E-state index contributed by atoms with van der Waals surface area (Å²) in [5, 5.41) is 4.82. The quantitative estimate of drug-likeness (QED) is 0.805. The van der Waals surface area contributed by atoms with Gasteiger partial charge in [-0.3, -0.25) is 9.20 Å². The normalized spacial score (nSPS) is 11.0. The van der Waals surface area contributed by atoms with Gasteiger partial charge in [0.15, 0.2) is 4.96 Å². The Morgan fingerprint density at radius 3 is 2.81 bits per heavy atom. The number of imidazole rings is 1. The number of fused-ring (bicyclic) bond motifs is 1. The molecule has 2 heterocycles. The van der Waals surface area contributed by atoms with Gasteiger partial charge in [-0.2, -0.15) is 0 Å². The number of thiazole rings is 1. The highest BCUT2D eigenvalue weighted by atomic mass is 32.1. The van der Waals surface area contributed by atoms with Gasteiger partial charge in [0.2, 0.25) is 5.91 Å². The van der Waals surface area contributed by atoms with Crippen molar-refractivity contribution in [1.82, 2.24) is 14.7 Å². The van der Waals surface area contributed by atoms with Gasteiger partial charge in [-0.05, 0) is 13.8 Å². The minimum atomic E-state index is 0.0442. The van der Waals surface area contributed by atoms with Gasteiger partial charge < -0.3 is 5.32 Å². The number of aryl methyl sites for hydroxylation is 1. The number of amides is 1. The Kier molecular flexibility index (Phi) is 3.75. The highest BCUT2D eigenvalue weighted by Crippen LogP contribution is 2.24. The summed E-state index contributed by atoms with van der Waals surface area (Å²) in [6.07, 6.45) is 2.39. The molecule has 0 saturated heterocycles. The summed E-state index contributed by atoms with van der Waals surface area (Å²) in [5.74, 6) is 0.0442. The molecule has 4 nitrogen and oxygen atoms in total. The van der Waals surface area contributed by atoms with Crippen molar-refractivity contribution in [2.24, 2.45) is 0 Å². The van der Waals surface area contributed by atoms with Crippen molar-refractivity contribution < 1.29 is 4.79 Å². The molecule has 1 N–H and O–H groups in total. The Morgan fingerprint density at radius 1 is 1.33 bits per heavy atom. The maximum Gasteiger partial charge on any atom is 0.225 e. The maximum absolute atomic E-state index is 11.7. The van der Waals surface area contributed by atoms with E-state index in [-0.39, 0.29) is 5.91 Å². The zero-order valence-electron chi connectivity index (χ0n) is 12.1. The molecule has 3 rings (SSSR count). The van der Waals surface area contributed by atoms with Gasteiger partial charge in [-0.25, -0.2) is 4.98 Å². The lowest BCUT2D eigenvalue weighted by Crippen LogP contribution is -2.24. The summed E-state index contributed by atoms with van der Waals surface area (Å²) in [6.45, 7) is 4.65. The van der Waals surface area contributed by atoms with E-state index in [2.05, 4.69) is 41.5 Å². The molecule has 3 aromatic rings. The standard InChI is InChI=1S/C16H17N3OS/c1-3-17-15(20)8-13-10-21-16-18-14(9-19(13)16)12-6-4-11(2)5-7-12/h4-7,9-10H,3,8H2,1-2H3,(H,17,20). The van der Waals surface area contributed by atoms with Crippen LogP contribution in [0.1, 0.15) is 18.2 Å². The maximum atomic E-state index is 11.7. The zero-order valence-corrected chi connectivity index (χ0v) is 12.9. The van der Waals surface area contributed by atoms with Crippen LogP contribution >= 0.6 is 11.3 Å². The molecule has 0 fully saturated rings. The first-order valence-corrected chi connectivity index (χ1v) is 7.84. The van der Waals surface area contributed by atoms with Crippen LogP contribution in [0.2, 0.25) is 0 Å². The van der Waals surface area contributed by atoms with Crippen molar-refractivity contribution in [3.63, 3.8) is 0 Å². The molecule has 1 aromatic carbocycles. The number of carbonyl (C=O) groups is 1. The molecule has 108 valence electrons. The molecule has 2 aromatic heterocycles. The molecule has 0 unspecified atom stereocenters. The van der Waals surface area contributed by atoms with Gasteiger partial charge in [0.1, 0.15) is 0 Å². The van der Waals surface area contributed by atoms with E-state index < -0.39 is 0 Å². The highest BCUT2D eigenvalue weighted by Gasteiger charge is 2.12. The molecule has 0 atom stereocenters. The molecular weight excluding hydrogens is 282 g/mol. The third kappa shape index (κ3) is 2.83. The number of likely N-dealkylation sites (N-methyl/N-ethyl adjacent to an activating group) is 1. The SMILES string of the molecule is CCNC(=O)Cc1csc2nc(-c3ccc(C)cc3)cn12. The van der Waals surface area contributed by atoms with Crippen molar-refractivity contribution in [1.29, 1.82) is 0 Å². The summed E-state index contributed by atoms with van der Waals surface area (Å²) in [6, 6.07) is 8.31. The summed E-state index contributed by atoms with van der Waals surface area (Å²) in [4.78, 5) is 17.3. The van der Waals surface area contributed by atoms with Gasteiger partial charge in [0.25, 0.3) is 0 Å². The number of rotatable bonds is 4. The van der Waals surface area contributed by atoms with Crippen LogP contribution < -0.4 is 5.32 Å². The summed E-state index contributed by atoms with van der Waals surface area (Å²) >= 11 is 1.56. The fourth-order valence-electron chi connectivity index (χ4n) is 2.24. The summed E-state index contributed by atoms with van der Waals surface area (Å²) in [7, 11) is 0. The third-order valence-corrected chi connectivity index (χ3v) is 4.24. The Bertz CT molecular complexity index is 771. The summed E-state index contributed by atoms with van der Waals surface area (Å²) in [5.41, 5.74) is 4.25. The van der Waals surface area contributed by atoms with Crippen molar-refractivity contribution in [3.05, 3.63) is 47.1 Å². The van der Waals surface area contributed by atoms with Gasteiger partial charge >= 0.3 is 0 Å². The number of nitrogens with one attached hydrogen (secondary N) is 1. The Hall–Kier alpha value is -2.14. The van der Waals surface area contributed by atoms with E-state index >= 15 is 0 Å². The predicted molar refractivity (Wildman–Crippen MR) is 85.6 cm³/mol. The van der Waals surface area contributed by atoms with Crippen molar-refractivity contribution in [3.8, 4) is 11.3 Å². The van der Waals surface area contributed by atoms with E-state index in [1.165, 1.54) is 5.56 Å². The third-order valence-electron chi connectivity index (χ3n) is 3.35. The molecule has 0 spiro atoms. The molecule has 0 saturated carbocycles. The smallest absolute Gasteiger partial charge is 0.225 e. The van der Waals surface area contributed by atoms with Crippen molar-refractivity contribution in [2.45, 2.75) is 20.3 Å². The summed E-state index contributed by atoms with van der Waals surface area (Å²) < 4.78 is 2.01. The van der Waals surface area contributed by atoms with Crippen LogP contribution in [0, 0.1) is 6.92 Å². The second-order valence-electron chi connectivity index (χ2n) is 5.00. The van der Waals surface area contributed by atoms with Crippen LogP contribution in [-0.2, 0) is 11.2 Å². The lowest BCUT2D eigenvalue weighted by atomic mass is 10.1. The monoisotopic (exact) mass is 299 g/mol. The largest absolute Gasteiger partial charge is 0.356 e. The van der Waals surface area contributed by atoms with Gasteiger partial charge in [0.05, 0.1) is 12.1 Å². The van der Waals surface area contributed by atoms with E-state index in [9.17, 15) is 4.79 Å². The topological polar surface area (TPSA) is 46.4 Å². The van der Waals surface area contributed by atoms with E-state index in [1.807, 2.05) is 22.9 Å². The van der Waals surface area contributed by atoms with Crippen LogP contribution in [0.25, 0.3) is 16.2 Å². The lowest BCUT2D eigenvalue weighted by Gasteiger charge is -2.00. The highest BCUT2D eigenvalue weighted by molar-refractivity contribution is 7.15. The number of benzene rings is 1. The number of aromatic nitrogens is 2. The molecule has 0 aliphatic carbocycles. The molecule has 21 heavy (non-hydrogen) atoms. The minimum Gasteiger partial charge on any atom is -0.356 e. The van der Waals surface area contributed by atoms with E-state index in [4.69, 9.17) is 0 Å². The molecule has 0 aliphatic rings. The Balaban J connectivity index is 1.92. The molecule has 1 amide bonds. The van der Waals surface area contributed by atoms with Crippen LogP contribution in [0.5, 0.6) is 0 Å². The van der Waals surface area contributed by atoms with Gasteiger partial charge in [0, 0.05) is 29.4 Å². The minimum absolute atomic E-state index is 0.0442. The number of carbonyl (C=O) groups excluding carboxylic acids is 1. The fraction of sp³-hybridized carbons (Fsp3) is 0.250. The van der Waals surface area contributed by atoms with Crippen LogP contribution in [0.15, 0.2) is 35.8 Å². The van der Waals surface area contributed by atoms with Crippen LogP contribution in [0.4, 0.5) is 0 Å². The fourth-order valence-corrected chi connectivity index (χ4v) is 3.12. The van der Waals surface area contributed by atoms with Crippen molar-refractivity contribution >= 4 is 22.2 Å². The average Bonchev–Trinajstić information content (AvgIpc) is 3.02. The first-order valence-electron chi connectivity index (χ1n) is 6.96. The van der Waals surface area contributed by atoms with E-state index in [0.717, 1.165) is 21.9 Å². The molecule has 0 bridgehead atoms. The van der Waals surface area contributed by atoms with Gasteiger partial charge in [-0.15, -0.1) is 11.3 Å². The van der Waals surface area contributed by atoms with Crippen LogP contribution in [0.3, 0.4) is 0 Å². The lowest BCUT2D eigenvalue weighted by molar-refractivity contribution is -0.120. The van der Waals surface area contributed by atoms with E-state index in [0.29, 0.717) is 13.0 Å².